The number of thiol groups is 1. The van der Waals surface area contributed by atoms with E-state index in [-0.39, 0.29) is 12.2 Å². The van der Waals surface area contributed by atoms with Crippen LogP contribution in [0.1, 0.15) is 6.42 Å². The van der Waals surface area contributed by atoms with Crippen LogP contribution in [0, 0.1) is 6.42 Å². The molecule has 2 N–H and O–H groups in total. The van der Waals surface area contributed by atoms with Gasteiger partial charge in [0.15, 0.2) is 6.29 Å². The SMILES string of the molecule is O=[SH](=O)C[CH]CC(O)O. The molecule has 9 heavy (non-hydrogen) atoms. The summed E-state index contributed by atoms with van der Waals surface area (Å²) >= 11 is 0. The van der Waals surface area contributed by atoms with Crippen LogP contribution in [0.5, 0.6) is 0 Å². The summed E-state index contributed by atoms with van der Waals surface area (Å²) in [5.41, 5.74) is 0. The van der Waals surface area contributed by atoms with Crippen LogP contribution in [0.4, 0.5) is 0 Å². The Balaban J connectivity index is 3.10. The van der Waals surface area contributed by atoms with E-state index in [9.17, 15) is 8.42 Å². The van der Waals surface area contributed by atoms with Gasteiger partial charge in [-0.1, -0.05) is 0 Å². The molecule has 5 heteroatoms. The number of aliphatic hydroxyl groups is 2. The molecule has 0 saturated carbocycles. The number of hydrogen-bond acceptors (Lipinski definition) is 4. The normalized spacial score (nSPS) is 11.1. The lowest BCUT2D eigenvalue weighted by molar-refractivity contribution is -0.0386. The highest BCUT2D eigenvalue weighted by Gasteiger charge is 1.96. The Labute approximate surface area is 55.1 Å². The van der Waals surface area contributed by atoms with Crippen LogP contribution >= 0.6 is 0 Å². The molecular weight excluding hydrogens is 144 g/mol. The average molecular weight is 153 g/mol. The fourth-order valence-corrected chi connectivity index (χ4v) is 0.689. The van der Waals surface area contributed by atoms with Crippen molar-refractivity contribution in [2.45, 2.75) is 12.7 Å². The second kappa shape index (κ2) is 4.72. The lowest BCUT2D eigenvalue weighted by Gasteiger charge is -1.97. The van der Waals surface area contributed by atoms with Gasteiger partial charge in [-0.2, -0.15) is 0 Å². The van der Waals surface area contributed by atoms with E-state index in [0.717, 1.165) is 0 Å². The van der Waals surface area contributed by atoms with Gasteiger partial charge in [0.25, 0.3) is 0 Å². The maximum absolute atomic E-state index is 9.82. The summed E-state index contributed by atoms with van der Waals surface area (Å²) in [4.78, 5) is 0. The van der Waals surface area contributed by atoms with Crippen molar-refractivity contribution in [3.05, 3.63) is 6.42 Å². The van der Waals surface area contributed by atoms with Gasteiger partial charge < -0.3 is 10.2 Å². The van der Waals surface area contributed by atoms with E-state index >= 15 is 0 Å². The smallest absolute Gasteiger partial charge is 0.151 e. The summed E-state index contributed by atoms with van der Waals surface area (Å²) in [6.07, 6.45) is -0.125. The molecule has 0 rings (SSSR count). The fourth-order valence-electron chi connectivity index (χ4n) is 0.329. The minimum Gasteiger partial charge on any atom is -0.368 e. The van der Waals surface area contributed by atoms with Crippen LogP contribution in [0.25, 0.3) is 0 Å². The molecule has 0 aliphatic rings. The zero-order valence-corrected chi connectivity index (χ0v) is 5.62. The first-order valence-corrected chi connectivity index (χ1v) is 3.79. The van der Waals surface area contributed by atoms with Crippen molar-refractivity contribution >= 4 is 10.7 Å². The lowest BCUT2D eigenvalue weighted by Crippen LogP contribution is -2.05. The number of hydrogen-bond donors (Lipinski definition) is 3. The highest BCUT2D eigenvalue weighted by molar-refractivity contribution is 7.72. The first kappa shape index (κ1) is 8.87. The van der Waals surface area contributed by atoms with Gasteiger partial charge in [0, 0.05) is 6.42 Å². The molecule has 0 spiro atoms. The summed E-state index contributed by atoms with van der Waals surface area (Å²) in [6.45, 7) is 0. The molecule has 4 nitrogen and oxygen atoms in total. The average Bonchev–Trinajstić information content (AvgIpc) is 1.63. The van der Waals surface area contributed by atoms with Crippen LogP contribution in [-0.2, 0) is 10.7 Å². The Morgan fingerprint density at radius 2 is 2.00 bits per heavy atom. The standard InChI is InChI=1S/C4H9O4S/c5-4(6)2-1-3-9(7)8/h1,4-6,9H,2-3H2. The Kier molecular flexibility index (Phi) is 4.65. The molecule has 0 aromatic rings. The van der Waals surface area contributed by atoms with Gasteiger partial charge in [0.1, 0.15) is 10.7 Å². The number of aliphatic hydroxyl groups excluding tert-OH is 1. The summed E-state index contributed by atoms with van der Waals surface area (Å²) in [5, 5.41) is 16.4. The first-order chi connectivity index (χ1) is 4.13. The summed E-state index contributed by atoms with van der Waals surface area (Å²) < 4.78 is 19.6. The molecule has 0 saturated heterocycles. The van der Waals surface area contributed by atoms with Crippen LogP contribution in [0.2, 0.25) is 0 Å². The second-order valence-corrected chi connectivity index (χ2v) is 2.55. The molecule has 0 fully saturated rings. The molecule has 0 heterocycles. The van der Waals surface area contributed by atoms with Gasteiger partial charge >= 0.3 is 0 Å². The van der Waals surface area contributed by atoms with Gasteiger partial charge in [-0.3, -0.25) is 0 Å². The monoisotopic (exact) mass is 153 g/mol. The maximum atomic E-state index is 9.82. The minimum atomic E-state index is -2.41. The van der Waals surface area contributed by atoms with Crippen molar-refractivity contribution in [2.24, 2.45) is 0 Å². The van der Waals surface area contributed by atoms with E-state index in [1.165, 1.54) is 6.42 Å². The molecule has 1 radical (unpaired) electrons. The van der Waals surface area contributed by atoms with Crippen LogP contribution in [0.3, 0.4) is 0 Å². The molecule has 0 atom stereocenters. The van der Waals surface area contributed by atoms with E-state index in [2.05, 4.69) is 0 Å². The molecule has 0 aromatic carbocycles. The Bertz CT molecular complexity index is 121. The Hall–Kier alpha value is -0.130. The van der Waals surface area contributed by atoms with Gasteiger partial charge in [-0.05, 0) is 6.42 Å². The molecule has 0 aliphatic heterocycles. The summed E-state index contributed by atoms with van der Waals surface area (Å²) in [7, 11) is -2.41. The van der Waals surface area contributed by atoms with Crippen molar-refractivity contribution < 1.29 is 18.6 Å². The van der Waals surface area contributed by atoms with E-state index in [0.29, 0.717) is 0 Å². The largest absolute Gasteiger partial charge is 0.368 e. The molecule has 0 bridgehead atoms. The zero-order valence-electron chi connectivity index (χ0n) is 4.73. The minimum absolute atomic E-state index is 0.00329. The topological polar surface area (TPSA) is 74.6 Å². The van der Waals surface area contributed by atoms with E-state index in [1.54, 1.807) is 0 Å². The Morgan fingerprint density at radius 3 is 2.33 bits per heavy atom. The van der Waals surface area contributed by atoms with Crippen LogP contribution < -0.4 is 0 Å². The van der Waals surface area contributed by atoms with Crippen molar-refractivity contribution in [3.8, 4) is 0 Å². The zero-order chi connectivity index (χ0) is 7.28. The molecule has 0 unspecified atom stereocenters. The second-order valence-electron chi connectivity index (χ2n) is 1.52. The molecular formula is C4H9O4S. The fraction of sp³-hybridized carbons (Fsp3) is 0.750. The molecule has 55 valence electrons. The lowest BCUT2D eigenvalue weighted by atomic mass is 10.3. The third-order valence-corrected chi connectivity index (χ3v) is 1.21. The van der Waals surface area contributed by atoms with Crippen molar-refractivity contribution in [1.29, 1.82) is 0 Å². The van der Waals surface area contributed by atoms with Gasteiger partial charge in [-0.15, -0.1) is 0 Å². The quantitative estimate of drug-likeness (QED) is 0.339. The van der Waals surface area contributed by atoms with Crippen molar-refractivity contribution in [1.82, 2.24) is 0 Å². The third kappa shape index (κ3) is 7.87. The maximum Gasteiger partial charge on any atom is 0.151 e. The van der Waals surface area contributed by atoms with E-state index in [4.69, 9.17) is 10.2 Å². The Morgan fingerprint density at radius 1 is 1.44 bits per heavy atom. The number of rotatable bonds is 4. The van der Waals surface area contributed by atoms with Crippen LogP contribution in [0.15, 0.2) is 0 Å². The molecule has 0 amide bonds. The molecule has 0 aliphatic carbocycles. The van der Waals surface area contributed by atoms with Crippen molar-refractivity contribution in [3.63, 3.8) is 0 Å². The van der Waals surface area contributed by atoms with Gasteiger partial charge in [-0.25, -0.2) is 8.42 Å². The highest BCUT2D eigenvalue weighted by atomic mass is 32.2. The third-order valence-electron chi connectivity index (χ3n) is 0.656. The highest BCUT2D eigenvalue weighted by Crippen LogP contribution is 1.90. The predicted octanol–water partition coefficient (Wildman–Crippen LogP) is -1.50. The predicted molar refractivity (Wildman–Crippen MR) is 32.3 cm³/mol. The van der Waals surface area contributed by atoms with Gasteiger partial charge in [0.05, 0.1) is 5.75 Å². The molecule has 0 aromatic heterocycles. The summed E-state index contributed by atoms with van der Waals surface area (Å²) in [5.74, 6) is -0.0903. The van der Waals surface area contributed by atoms with E-state index in [1.807, 2.05) is 0 Å². The first-order valence-electron chi connectivity index (χ1n) is 2.42. The van der Waals surface area contributed by atoms with Crippen molar-refractivity contribution in [2.75, 3.05) is 5.75 Å². The van der Waals surface area contributed by atoms with E-state index < -0.39 is 17.0 Å². The van der Waals surface area contributed by atoms with Gasteiger partial charge in [0.2, 0.25) is 0 Å². The summed E-state index contributed by atoms with van der Waals surface area (Å²) in [6, 6.07) is 0. The van der Waals surface area contributed by atoms with Crippen LogP contribution in [-0.4, -0.2) is 30.7 Å².